The number of benzene rings is 3. The van der Waals surface area contributed by atoms with Crippen molar-refractivity contribution in [1.29, 1.82) is 0 Å². The highest BCUT2D eigenvalue weighted by atomic mass is 35.5. The summed E-state index contributed by atoms with van der Waals surface area (Å²) >= 11 is 6.48. The van der Waals surface area contributed by atoms with Crippen molar-refractivity contribution in [3.05, 3.63) is 99.1 Å². The summed E-state index contributed by atoms with van der Waals surface area (Å²) in [6.07, 6.45) is 1.24. The minimum atomic E-state index is -0.614. The third-order valence-electron chi connectivity index (χ3n) is 8.53. The molecule has 1 atom stereocenters. The monoisotopic (exact) mass is 642 g/mol. The number of nitrogens with one attached hydrogen (secondary N) is 1. The number of carbonyl (C=O) groups is 2. The number of halogens is 1. The quantitative estimate of drug-likeness (QED) is 0.206. The van der Waals surface area contributed by atoms with Crippen LogP contribution in [-0.4, -0.2) is 52.4 Å². The lowest BCUT2D eigenvalue weighted by Gasteiger charge is -2.25. The van der Waals surface area contributed by atoms with Gasteiger partial charge in [0.05, 0.1) is 22.0 Å². The Kier molecular flexibility index (Phi) is 8.79. The number of ether oxygens (including phenoxy) is 2. The van der Waals surface area contributed by atoms with Crippen LogP contribution in [0.25, 0.3) is 22.0 Å². The smallest absolute Gasteiger partial charge is 0.410 e. The molecule has 1 fully saturated rings. The van der Waals surface area contributed by atoms with E-state index < -0.39 is 23.8 Å². The van der Waals surface area contributed by atoms with Gasteiger partial charge in [-0.2, -0.15) is 0 Å². The SMILES string of the molecule is CN(CCCn1c([C@@H](NC(=O)OCC2c3ccccc3-c3ccccc32)C2CC2)nc2cccc(Cl)c2c1=O)C(=O)OC(C)(C)C. The van der Waals surface area contributed by atoms with Crippen LogP contribution >= 0.6 is 11.6 Å². The predicted molar refractivity (Wildman–Crippen MR) is 178 cm³/mol. The molecule has 0 aliphatic heterocycles. The molecule has 6 rings (SSSR count). The maximum absolute atomic E-state index is 13.9. The van der Waals surface area contributed by atoms with E-state index in [-0.39, 0.29) is 30.5 Å². The highest BCUT2D eigenvalue weighted by Crippen LogP contribution is 2.45. The first-order chi connectivity index (χ1) is 22.0. The van der Waals surface area contributed by atoms with E-state index in [1.165, 1.54) is 4.90 Å². The number of carbonyl (C=O) groups excluding carboxylic acids is 2. The van der Waals surface area contributed by atoms with Crippen molar-refractivity contribution in [3.63, 3.8) is 0 Å². The number of rotatable bonds is 9. The van der Waals surface area contributed by atoms with Gasteiger partial charge in [-0.05, 0) is 80.3 Å². The molecular formula is C36H39ClN4O5. The average Bonchev–Trinajstić information content (AvgIpc) is 3.81. The number of amides is 2. The van der Waals surface area contributed by atoms with Crippen molar-refractivity contribution in [3.8, 4) is 11.1 Å². The van der Waals surface area contributed by atoms with Crippen molar-refractivity contribution < 1.29 is 19.1 Å². The Bertz CT molecular complexity index is 1800. The van der Waals surface area contributed by atoms with Gasteiger partial charge in [-0.3, -0.25) is 9.36 Å². The van der Waals surface area contributed by atoms with Crippen LogP contribution in [0.1, 0.15) is 68.9 Å². The fourth-order valence-electron chi connectivity index (χ4n) is 6.18. The molecule has 240 valence electrons. The Morgan fingerprint density at radius 3 is 2.30 bits per heavy atom. The van der Waals surface area contributed by atoms with Crippen LogP contribution in [0.2, 0.25) is 5.02 Å². The first-order valence-corrected chi connectivity index (χ1v) is 16.1. The maximum atomic E-state index is 13.9. The lowest BCUT2D eigenvalue weighted by molar-refractivity contribution is 0.0295. The second kappa shape index (κ2) is 12.8. The van der Waals surface area contributed by atoms with Crippen LogP contribution in [0.4, 0.5) is 9.59 Å². The third kappa shape index (κ3) is 6.60. The van der Waals surface area contributed by atoms with E-state index in [1.807, 2.05) is 45.0 Å². The minimum Gasteiger partial charge on any atom is -0.449 e. The van der Waals surface area contributed by atoms with Gasteiger partial charge in [0, 0.05) is 26.1 Å². The van der Waals surface area contributed by atoms with Gasteiger partial charge < -0.3 is 19.7 Å². The van der Waals surface area contributed by atoms with Gasteiger partial charge >= 0.3 is 12.2 Å². The van der Waals surface area contributed by atoms with E-state index in [1.54, 1.807) is 29.8 Å². The fourth-order valence-corrected chi connectivity index (χ4v) is 6.43. The molecule has 2 aliphatic rings. The molecule has 0 bridgehead atoms. The van der Waals surface area contributed by atoms with Crippen molar-refractivity contribution >= 4 is 34.7 Å². The molecule has 10 heteroatoms. The van der Waals surface area contributed by atoms with E-state index in [2.05, 4.69) is 29.6 Å². The van der Waals surface area contributed by atoms with Gasteiger partial charge in [0.1, 0.15) is 18.0 Å². The molecule has 0 saturated heterocycles. The number of hydrogen-bond acceptors (Lipinski definition) is 6. The molecule has 1 saturated carbocycles. The fraction of sp³-hybridized carbons (Fsp3) is 0.389. The van der Waals surface area contributed by atoms with Crippen LogP contribution in [0.5, 0.6) is 0 Å². The minimum absolute atomic E-state index is 0.0707. The summed E-state index contributed by atoms with van der Waals surface area (Å²) in [5, 5.41) is 3.69. The maximum Gasteiger partial charge on any atom is 0.410 e. The Balaban J connectivity index is 1.23. The third-order valence-corrected chi connectivity index (χ3v) is 8.85. The number of nitrogens with zero attached hydrogens (tertiary/aromatic N) is 3. The van der Waals surface area contributed by atoms with Crippen molar-refractivity contribution in [1.82, 2.24) is 19.8 Å². The molecule has 0 radical (unpaired) electrons. The van der Waals surface area contributed by atoms with Gasteiger partial charge in [0.25, 0.3) is 5.56 Å². The topological polar surface area (TPSA) is 103 Å². The van der Waals surface area contributed by atoms with Crippen molar-refractivity contribution in [2.75, 3.05) is 20.2 Å². The van der Waals surface area contributed by atoms with Gasteiger partial charge in [0.2, 0.25) is 0 Å². The highest BCUT2D eigenvalue weighted by molar-refractivity contribution is 6.35. The number of fused-ring (bicyclic) bond motifs is 4. The Morgan fingerprint density at radius 2 is 1.67 bits per heavy atom. The van der Waals surface area contributed by atoms with Crippen LogP contribution in [0.15, 0.2) is 71.5 Å². The molecule has 0 unspecified atom stereocenters. The standard InChI is InChI=1S/C36H39ClN4O5/c1-36(2,3)46-35(44)40(4)19-10-20-41-32(38-29-16-9-15-28(37)30(29)33(41)42)31(22-17-18-22)39-34(43)45-21-27-25-13-7-5-11-23(25)24-12-6-8-14-26(24)27/h5-9,11-16,22,27,31H,10,17-21H2,1-4H3,(H,39,43)/t31-/m0/s1. The molecule has 9 nitrogen and oxygen atoms in total. The Labute approximate surface area is 273 Å². The molecule has 1 N–H and O–H groups in total. The van der Waals surface area contributed by atoms with E-state index in [0.29, 0.717) is 34.7 Å². The predicted octanol–water partition coefficient (Wildman–Crippen LogP) is 7.30. The molecule has 46 heavy (non-hydrogen) atoms. The summed E-state index contributed by atoms with van der Waals surface area (Å²) in [4.78, 5) is 46.2. The van der Waals surface area contributed by atoms with E-state index in [4.69, 9.17) is 26.1 Å². The molecule has 1 heterocycles. The largest absolute Gasteiger partial charge is 0.449 e. The van der Waals surface area contributed by atoms with Gasteiger partial charge in [-0.15, -0.1) is 0 Å². The van der Waals surface area contributed by atoms with Crippen LogP contribution in [-0.2, 0) is 16.0 Å². The lowest BCUT2D eigenvalue weighted by Crippen LogP contribution is -2.38. The van der Waals surface area contributed by atoms with Gasteiger partial charge in [0.15, 0.2) is 0 Å². The zero-order valence-corrected chi connectivity index (χ0v) is 27.3. The second-order valence-corrected chi connectivity index (χ2v) is 13.5. The average molecular weight is 643 g/mol. The molecule has 4 aromatic rings. The normalized spacial score (nSPS) is 14.8. The Hall–Kier alpha value is -4.37. The Morgan fingerprint density at radius 1 is 1.02 bits per heavy atom. The summed E-state index contributed by atoms with van der Waals surface area (Å²) in [5.41, 5.74) is 4.14. The van der Waals surface area contributed by atoms with Crippen LogP contribution in [0.3, 0.4) is 0 Å². The summed E-state index contributed by atoms with van der Waals surface area (Å²) < 4.78 is 12.9. The molecule has 1 aromatic heterocycles. The summed E-state index contributed by atoms with van der Waals surface area (Å²) in [5.74, 6) is 0.494. The summed E-state index contributed by atoms with van der Waals surface area (Å²) in [7, 11) is 1.67. The van der Waals surface area contributed by atoms with Crippen molar-refractivity contribution in [2.24, 2.45) is 5.92 Å². The first kappa shape index (κ1) is 31.6. The van der Waals surface area contributed by atoms with Crippen molar-refractivity contribution in [2.45, 2.75) is 64.1 Å². The molecule has 2 amide bonds. The summed E-state index contributed by atoms with van der Waals surface area (Å²) in [6, 6.07) is 21.0. The summed E-state index contributed by atoms with van der Waals surface area (Å²) in [6.45, 7) is 6.26. The van der Waals surface area contributed by atoms with Gasteiger partial charge in [-0.1, -0.05) is 66.2 Å². The molecule has 3 aromatic carbocycles. The van der Waals surface area contributed by atoms with E-state index >= 15 is 0 Å². The molecule has 2 aliphatic carbocycles. The lowest BCUT2D eigenvalue weighted by atomic mass is 9.98. The van der Waals surface area contributed by atoms with Gasteiger partial charge in [-0.25, -0.2) is 14.6 Å². The highest BCUT2D eigenvalue weighted by Gasteiger charge is 2.38. The van der Waals surface area contributed by atoms with Crippen LogP contribution in [0, 0.1) is 5.92 Å². The zero-order chi connectivity index (χ0) is 32.6. The number of hydrogen-bond donors (Lipinski definition) is 1. The molecular weight excluding hydrogens is 604 g/mol. The van der Waals surface area contributed by atoms with E-state index in [0.717, 1.165) is 35.1 Å². The first-order valence-electron chi connectivity index (χ1n) is 15.8. The van der Waals surface area contributed by atoms with Crippen LogP contribution < -0.4 is 10.9 Å². The van der Waals surface area contributed by atoms with E-state index in [9.17, 15) is 14.4 Å². The molecule has 0 spiro atoms. The zero-order valence-electron chi connectivity index (χ0n) is 26.6. The number of alkyl carbamates (subject to hydrolysis) is 1. The second-order valence-electron chi connectivity index (χ2n) is 13.1. The number of aromatic nitrogens is 2.